The number of hydrogen-bond donors (Lipinski definition) is 0. The molecule has 3 aromatic rings. The van der Waals surface area contributed by atoms with Crippen molar-refractivity contribution in [3.8, 4) is 5.75 Å². The van der Waals surface area contributed by atoms with Gasteiger partial charge in [-0.15, -0.1) is 0 Å². The number of aryl methyl sites for hydroxylation is 1. The Labute approximate surface area is 163 Å². The van der Waals surface area contributed by atoms with Crippen molar-refractivity contribution in [3.63, 3.8) is 0 Å². The van der Waals surface area contributed by atoms with Crippen molar-refractivity contribution in [2.45, 2.75) is 39.7 Å². The first-order chi connectivity index (χ1) is 13.6. The summed E-state index contributed by atoms with van der Waals surface area (Å²) in [4.78, 5) is 28.9. The summed E-state index contributed by atoms with van der Waals surface area (Å²) < 4.78 is 12.4. The van der Waals surface area contributed by atoms with Gasteiger partial charge in [-0.25, -0.2) is 9.78 Å². The summed E-state index contributed by atoms with van der Waals surface area (Å²) in [7, 11) is 0. The van der Waals surface area contributed by atoms with Crippen LogP contribution in [0.2, 0.25) is 0 Å². The number of fused-ring (bicyclic) bond motifs is 1. The summed E-state index contributed by atoms with van der Waals surface area (Å²) in [5.41, 5.74) is 2.08. The predicted molar refractivity (Wildman–Crippen MR) is 107 cm³/mol. The van der Waals surface area contributed by atoms with Crippen molar-refractivity contribution < 1.29 is 14.3 Å². The van der Waals surface area contributed by atoms with Gasteiger partial charge < -0.3 is 9.47 Å². The lowest BCUT2D eigenvalue weighted by molar-refractivity contribution is 0.0467. The molecule has 0 aliphatic rings. The van der Waals surface area contributed by atoms with Gasteiger partial charge in [-0.05, 0) is 49.2 Å². The fourth-order valence-electron chi connectivity index (χ4n) is 2.83. The Balaban J connectivity index is 1.62. The standard InChI is InChI=1S/C22H24N2O4/c1-3-4-5-13-27-19-10-8-17(9-11-19)22(26)28-15-18-14-20(25)24-12-6-7-16(2)21(24)23-18/h6-12,14H,3-5,13,15H2,1-2H3. The molecule has 0 spiro atoms. The predicted octanol–water partition coefficient (Wildman–Crippen LogP) is 3.93. The Kier molecular flexibility index (Phi) is 6.42. The van der Waals surface area contributed by atoms with Crippen molar-refractivity contribution in [2.24, 2.45) is 0 Å². The number of ether oxygens (including phenoxy) is 2. The van der Waals surface area contributed by atoms with Crippen LogP contribution < -0.4 is 10.3 Å². The molecule has 0 N–H and O–H groups in total. The summed E-state index contributed by atoms with van der Waals surface area (Å²) in [6.45, 7) is 4.63. The SMILES string of the molecule is CCCCCOc1ccc(C(=O)OCc2cc(=O)n3cccc(C)c3n2)cc1. The van der Waals surface area contributed by atoms with E-state index in [1.54, 1.807) is 36.5 Å². The average Bonchev–Trinajstić information content (AvgIpc) is 2.71. The van der Waals surface area contributed by atoms with E-state index in [1.807, 2.05) is 13.0 Å². The van der Waals surface area contributed by atoms with E-state index in [-0.39, 0.29) is 12.2 Å². The van der Waals surface area contributed by atoms with Crippen molar-refractivity contribution in [2.75, 3.05) is 6.61 Å². The van der Waals surface area contributed by atoms with Crippen LogP contribution in [0.4, 0.5) is 0 Å². The second-order valence-corrected chi connectivity index (χ2v) is 6.63. The lowest BCUT2D eigenvalue weighted by Crippen LogP contribution is -2.17. The largest absolute Gasteiger partial charge is 0.494 e. The molecule has 0 amide bonds. The molecule has 0 radical (unpaired) electrons. The quantitative estimate of drug-likeness (QED) is 0.437. The molecule has 146 valence electrons. The van der Waals surface area contributed by atoms with E-state index in [4.69, 9.17) is 9.47 Å². The van der Waals surface area contributed by atoms with Crippen LogP contribution in [0.5, 0.6) is 5.75 Å². The highest BCUT2D eigenvalue weighted by molar-refractivity contribution is 5.89. The number of rotatable bonds is 8. The fraction of sp³-hybridized carbons (Fsp3) is 0.318. The van der Waals surface area contributed by atoms with Crippen LogP contribution in [-0.2, 0) is 11.3 Å². The van der Waals surface area contributed by atoms with E-state index < -0.39 is 5.97 Å². The zero-order valence-corrected chi connectivity index (χ0v) is 16.2. The third-order valence-corrected chi connectivity index (χ3v) is 4.40. The van der Waals surface area contributed by atoms with Crippen molar-refractivity contribution in [1.29, 1.82) is 0 Å². The second kappa shape index (κ2) is 9.17. The highest BCUT2D eigenvalue weighted by Crippen LogP contribution is 2.14. The van der Waals surface area contributed by atoms with Gasteiger partial charge in [0.25, 0.3) is 5.56 Å². The molecular weight excluding hydrogens is 356 g/mol. The van der Waals surface area contributed by atoms with Gasteiger partial charge >= 0.3 is 5.97 Å². The highest BCUT2D eigenvalue weighted by Gasteiger charge is 2.10. The first-order valence-corrected chi connectivity index (χ1v) is 9.46. The maximum Gasteiger partial charge on any atom is 0.338 e. The smallest absolute Gasteiger partial charge is 0.338 e. The maximum absolute atomic E-state index is 12.3. The second-order valence-electron chi connectivity index (χ2n) is 6.63. The first-order valence-electron chi connectivity index (χ1n) is 9.46. The molecule has 1 aromatic carbocycles. The molecule has 3 rings (SSSR count). The summed E-state index contributed by atoms with van der Waals surface area (Å²) in [5.74, 6) is 0.261. The maximum atomic E-state index is 12.3. The first kappa shape index (κ1) is 19.6. The van der Waals surface area contributed by atoms with Gasteiger partial charge in [0, 0.05) is 12.3 Å². The van der Waals surface area contributed by atoms with E-state index >= 15 is 0 Å². The number of benzene rings is 1. The van der Waals surface area contributed by atoms with Crippen LogP contribution in [0.15, 0.2) is 53.5 Å². The van der Waals surface area contributed by atoms with Gasteiger partial charge in [0.05, 0.1) is 17.9 Å². The van der Waals surface area contributed by atoms with Crippen molar-refractivity contribution >= 4 is 11.6 Å². The molecule has 0 atom stereocenters. The topological polar surface area (TPSA) is 69.9 Å². The van der Waals surface area contributed by atoms with Gasteiger partial charge in [0.2, 0.25) is 0 Å². The van der Waals surface area contributed by atoms with Gasteiger partial charge in [0.15, 0.2) is 0 Å². The Bertz CT molecular complexity index is 1010. The van der Waals surface area contributed by atoms with E-state index in [0.717, 1.165) is 30.6 Å². The molecule has 0 saturated carbocycles. The summed E-state index contributed by atoms with van der Waals surface area (Å²) in [5, 5.41) is 0. The number of aromatic nitrogens is 2. The Morgan fingerprint density at radius 1 is 1.14 bits per heavy atom. The molecule has 2 aromatic heterocycles. The Morgan fingerprint density at radius 3 is 2.68 bits per heavy atom. The van der Waals surface area contributed by atoms with E-state index in [9.17, 15) is 9.59 Å². The van der Waals surface area contributed by atoms with E-state index in [2.05, 4.69) is 11.9 Å². The van der Waals surface area contributed by atoms with Crippen LogP contribution >= 0.6 is 0 Å². The Hall–Kier alpha value is -3.15. The number of pyridine rings is 1. The zero-order chi connectivity index (χ0) is 19.9. The van der Waals surface area contributed by atoms with Crippen molar-refractivity contribution in [1.82, 2.24) is 9.38 Å². The lowest BCUT2D eigenvalue weighted by Gasteiger charge is -2.08. The van der Waals surface area contributed by atoms with Crippen molar-refractivity contribution in [3.05, 3.63) is 75.8 Å². The van der Waals surface area contributed by atoms with Crippen LogP contribution in [0, 0.1) is 6.92 Å². The summed E-state index contributed by atoms with van der Waals surface area (Å²) in [6, 6.07) is 11.9. The fourth-order valence-corrected chi connectivity index (χ4v) is 2.83. The normalized spacial score (nSPS) is 10.8. The number of carbonyl (C=O) groups excluding carboxylic acids is 1. The van der Waals surface area contributed by atoms with Gasteiger partial charge in [-0.2, -0.15) is 0 Å². The monoisotopic (exact) mass is 380 g/mol. The number of hydrogen-bond acceptors (Lipinski definition) is 5. The number of unbranched alkanes of at least 4 members (excludes halogenated alkanes) is 2. The zero-order valence-electron chi connectivity index (χ0n) is 16.2. The minimum Gasteiger partial charge on any atom is -0.494 e. The summed E-state index contributed by atoms with van der Waals surface area (Å²) in [6.07, 6.45) is 4.96. The highest BCUT2D eigenvalue weighted by atomic mass is 16.5. The molecule has 0 bridgehead atoms. The van der Waals surface area contributed by atoms with Crippen LogP contribution in [0.3, 0.4) is 0 Å². The summed E-state index contributed by atoms with van der Waals surface area (Å²) >= 11 is 0. The van der Waals surface area contributed by atoms with Crippen LogP contribution in [-0.4, -0.2) is 22.0 Å². The molecule has 0 saturated heterocycles. The number of esters is 1. The van der Waals surface area contributed by atoms with E-state index in [1.165, 1.54) is 10.5 Å². The van der Waals surface area contributed by atoms with Gasteiger partial charge in [-0.3, -0.25) is 9.20 Å². The molecule has 0 unspecified atom stereocenters. The molecular formula is C22H24N2O4. The molecule has 0 fully saturated rings. The number of carbonyl (C=O) groups is 1. The molecule has 0 aliphatic carbocycles. The van der Waals surface area contributed by atoms with Gasteiger partial charge in [0.1, 0.15) is 18.0 Å². The molecule has 28 heavy (non-hydrogen) atoms. The molecule has 0 aliphatic heterocycles. The third kappa shape index (κ3) is 4.76. The van der Waals surface area contributed by atoms with Gasteiger partial charge in [-0.1, -0.05) is 25.8 Å². The Morgan fingerprint density at radius 2 is 1.93 bits per heavy atom. The molecule has 2 heterocycles. The lowest BCUT2D eigenvalue weighted by atomic mass is 10.2. The molecule has 6 nitrogen and oxygen atoms in total. The average molecular weight is 380 g/mol. The van der Waals surface area contributed by atoms with Crippen LogP contribution in [0.1, 0.15) is 47.8 Å². The minimum absolute atomic E-state index is 0.0613. The third-order valence-electron chi connectivity index (χ3n) is 4.40. The minimum atomic E-state index is -0.468. The molecule has 6 heteroatoms. The van der Waals surface area contributed by atoms with E-state index in [0.29, 0.717) is 23.5 Å². The number of nitrogens with zero attached hydrogens (tertiary/aromatic N) is 2. The van der Waals surface area contributed by atoms with Crippen LogP contribution in [0.25, 0.3) is 5.65 Å².